The molecule has 0 aromatic rings. The molecular formula is C15H22N5O4+. The lowest BCUT2D eigenvalue weighted by molar-refractivity contribution is -0.500. The van der Waals surface area contributed by atoms with Gasteiger partial charge in [0, 0.05) is 13.6 Å². The van der Waals surface area contributed by atoms with Crippen LogP contribution in [0, 0.1) is 0 Å². The molecule has 0 aliphatic carbocycles. The van der Waals surface area contributed by atoms with Gasteiger partial charge < -0.3 is 9.64 Å². The smallest absolute Gasteiger partial charge is 0.334 e. The van der Waals surface area contributed by atoms with Crippen molar-refractivity contribution in [3.63, 3.8) is 0 Å². The van der Waals surface area contributed by atoms with Gasteiger partial charge in [0.1, 0.15) is 6.54 Å². The number of hydrogen-bond donors (Lipinski definition) is 0. The average Bonchev–Trinajstić information content (AvgIpc) is 2.90. The zero-order valence-electron chi connectivity index (χ0n) is 14.4. The second kappa shape index (κ2) is 5.66. The normalized spacial score (nSPS) is 26.3. The van der Waals surface area contributed by atoms with E-state index in [0.717, 1.165) is 4.90 Å². The van der Waals surface area contributed by atoms with Crippen LogP contribution in [0.25, 0.3) is 0 Å². The molecule has 0 N–H and O–H groups in total. The van der Waals surface area contributed by atoms with Crippen molar-refractivity contribution in [3.05, 3.63) is 0 Å². The summed E-state index contributed by atoms with van der Waals surface area (Å²) in [5, 5.41) is 0. The summed E-state index contributed by atoms with van der Waals surface area (Å²) in [6.45, 7) is 4.86. The molecule has 3 heterocycles. The number of likely N-dealkylation sites (N-methyl/N-ethyl adjacent to an activating group) is 2. The Morgan fingerprint density at radius 2 is 2.17 bits per heavy atom. The number of hydrogen-bond acceptors (Lipinski definition) is 5. The number of fused-ring (bicyclic) bond motifs is 1. The maximum Gasteiger partial charge on any atom is 0.334 e. The fourth-order valence-electron chi connectivity index (χ4n) is 3.23. The highest BCUT2D eigenvalue weighted by Gasteiger charge is 2.51. The number of aliphatic imine (C=N–C) groups is 1. The second-order valence-electron chi connectivity index (χ2n) is 6.85. The van der Waals surface area contributed by atoms with E-state index in [0.29, 0.717) is 25.6 Å². The highest BCUT2D eigenvalue weighted by Crippen LogP contribution is 2.21. The van der Waals surface area contributed by atoms with E-state index in [2.05, 4.69) is 4.99 Å². The Kier molecular flexibility index (Phi) is 3.90. The first-order valence-electron chi connectivity index (χ1n) is 7.84. The largest absolute Gasteiger partial charge is 0.377 e. The maximum atomic E-state index is 12.7. The van der Waals surface area contributed by atoms with Crippen LogP contribution in [-0.4, -0.2) is 101 Å². The molecule has 0 saturated carbocycles. The molecule has 3 aliphatic heterocycles. The standard InChI is InChI=1S/C15H22N5O4/c1-15(2)8-24-6-5-20(15)10(21)7-19-13(22)11-12(16-9-17(11)3)18(4)14(19)23/h9,11H,5-8H2,1-4H3/q+1. The molecule has 0 bridgehead atoms. The van der Waals surface area contributed by atoms with Crippen LogP contribution < -0.4 is 0 Å². The lowest BCUT2D eigenvalue weighted by Gasteiger charge is -2.43. The molecule has 2 saturated heterocycles. The van der Waals surface area contributed by atoms with E-state index in [-0.39, 0.29) is 12.5 Å². The minimum Gasteiger partial charge on any atom is -0.377 e. The Balaban J connectivity index is 1.80. The van der Waals surface area contributed by atoms with Crippen molar-refractivity contribution in [1.29, 1.82) is 0 Å². The second-order valence-corrected chi connectivity index (χ2v) is 6.85. The van der Waals surface area contributed by atoms with E-state index in [4.69, 9.17) is 4.74 Å². The zero-order chi connectivity index (χ0) is 17.6. The number of carbonyl (C=O) groups is 3. The number of amidine groups is 1. The summed E-state index contributed by atoms with van der Waals surface area (Å²) < 4.78 is 7.04. The molecule has 4 amide bonds. The van der Waals surface area contributed by atoms with Gasteiger partial charge in [-0.15, -0.1) is 0 Å². The topological polar surface area (TPSA) is 85.5 Å². The predicted molar refractivity (Wildman–Crippen MR) is 85.0 cm³/mol. The lowest BCUT2D eigenvalue weighted by atomic mass is 10.0. The predicted octanol–water partition coefficient (Wildman–Crippen LogP) is -1.03. The number of rotatable bonds is 2. The van der Waals surface area contributed by atoms with Gasteiger partial charge in [-0.1, -0.05) is 0 Å². The lowest BCUT2D eigenvalue weighted by Crippen LogP contribution is -2.65. The highest BCUT2D eigenvalue weighted by atomic mass is 16.5. The Hall–Kier alpha value is -2.29. The Labute approximate surface area is 140 Å². The zero-order valence-corrected chi connectivity index (χ0v) is 14.4. The Morgan fingerprint density at radius 3 is 2.83 bits per heavy atom. The van der Waals surface area contributed by atoms with Crippen LogP contribution in [0.1, 0.15) is 13.8 Å². The van der Waals surface area contributed by atoms with Crippen LogP contribution >= 0.6 is 0 Å². The first-order valence-corrected chi connectivity index (χ1v) is 7.84. The summed E-state index contributed by atoms with van der Waals surface area (Å²) in [5.74, 6) is -0.293. The molecule has 9 heteroatoms. The first-order chi connectivity index (χ1) is 11.2. The molecule has 0 aromatic carbocycles. The molecule has 1 atom stereocenters. The van der Waals surface area contributed by atoms with E-state index < -0.39 is 23.5 Å². The van der Waals surface area contributed by atoms with Gasteiger partial charge in [0.15, 0.2) is 0 Å². The van der Waals surface area contributed by atoms with Gasteiger partial charge in [-0.05, 0) is 18.8 Å². The molecule has 3 aliphatic rings. The number of ether oxygens (including phenoxy) is 1. The van der Waals surface area contributed by atoms with Gasteiger partial charge >= 0.3 is 6.03 Å². The SMILES string of the molecule is CN1C(=O)N(CC(=O)N2CCOCC2(C)C)C(=O)C2C1=NC=[N+]2C. The third-order valence-electron chi connectivity index (χ3n) is 4.63. The number of urea groups is 1. The number of nitrogens with zero attached hydrogens (tertiary/aromatic N) is 5. The van der Waals surface area contributed by atoms with E-state index in [1.807, 2.05) is 13.8 Å². The molecule has 1 unspecified atom stereocenters. The van der Waals surface area contributed by atoms with Gasteiger partial charge in [0.05, 0.1) is 25.8 Å². The van der Waals surface area contributed by atoms with Crippen LogP contribution in [-0.2, 0) is 14.3 Å². The van der Waals surface area contributed by atoms with Crippen molar-refractivity contribution in [2.24, 2.45) is 4.99 Å². The number of carbonyl (C=O) groups excluding carboxylic acids is 3. The van der Waals surface area contributed by atoms with Gasteiger partial charge in [0.2, 0.25) is 5.91 Å². The van der Waals surface area contributed by atoms with E-state index in [1.54, 1.807) is 23.6 Å². The fraction of sp³-hybridized carbons (Fsp3) is 0.667. The van der Waals surface area contributed by atoms with Gasteiger partial charge in [0.25, 0.3) is 24.1 Å². The number of morpholine rings is 1. The third-order valence-corrected chi connectivity index (χ3v) is 4.63. The van der Waals surface area contributed by atoms with E-state index in [1.165, 1.54) is 11.2 Å². The van der Waals surface area contributed by atoms with Crippen LogP contribution in [0.4, 0.5) is 4.79 Å². The summed E-state index contributed by atoms with van der Waals surface area (Å²) in [7, 11) is 3.28. The minimum atomic E-state index is -0.654. The summed E-state index contributed by atoms with van der Waals surface area (Å²) >= 11 is 0. The van der Waals surface area contributed by atoms with Crippen LogP contribution in [0.3, 0.4) is 0 Å². The molecule has 130 valence electrons. The first kappa shape index (κ1) is 16.6. The Morgan fingerprint density at radius 1 is 1.46 bits per heavy atom. The molecule has 2 fully saturated rings. The summed E-state index contributed by atoms with van der Waals surface area (Å²) in [5.41, 5.74) is -0.465. The van der Waals surface area contributed by atoms with Crippen molar-refractivity contribution in [2.75, 3.05) is 40.4 Å². The molecule has 24 heavy (non-hydrogen) atoms. The fourth-order valence-corrected chi connectivity index (χ4v) is 3.23. The average molecular weight is 336 g/mol. The third kappa shape index (κ3) is 2.48. The van der Waals surface area contributed by atoms with Crippen LogP contribution in [0.15, 0.2) is 4.99 Å². The van der Waals surface area contributed by atoms with Gasteiger partial charge in [-0.2, -0.15) is 0 Å². The van der Waals surface area contributed by atoms with Gasteiger partial charge in [-0.3, -0.25) is 19.4 Å². The summed E-state index contributed by atoms with van der Waals surface area (Å²) in [4.78, 5) is 46.0. The van der Waals surface area contributed by atoms with Crippen molar-refractivity contribution < 1.29 is 23.7 Å². The molecule has 0 aromatic heterocycles. The van der Waals surface area contributed by atoms with Crippen molar-refractivity contribution >= 4 is 30.0 Å². The minimum absolute atomic E-state index is 0.261. The highest BCUT2D eigenvalue weighted by molar-refractivity contribution is 6.22. The van der Waals surface area contributed by atoms with Crippen molar-refractivity contribution in [1.82, 2.24) is 14.7 Å². The molecule has 3 rings (SSSR count). The van der Waals surface area contributed by atoms with Crippen molar-refractivity contribution in [3.8, 4) is 0 Å². The van der Waals surface area contributed by atoms with E-state index in [9.17, 15) is 14.4 Å². The van der Waals surface area contributed by atoms with Crippen LogP contribution in [0.5, 0.6) is 0 Å². The monoisotopic (exact) mass is 336 g/mol. The molecule has 0 spiro atoms. The summed E-state index contributed by atoms with van der Waals surface area (Å²) in [6.07, 6.45) is 1.51. The van der Waals surface area contributed by atoms with E-state index >= 15 is 0 Å². The summed E-state index contributed by atoms with van der Waals surface area (Å²) in [6, 6.07) is -1.18. The van der Waals surface area contributed by atoms with Crippen LogP contribution in [0.2, 0.25) is 0 Å². The van der Waals surface area contributed by atoms with Crippen molar-refractivity contribution in [2.45, 2.75) is 25.4 Å². The number of amides is 4. The molecule has 9 nitrogen and oxygen atoms in total. The number of imide groups is 1. The molecule has 0 radical (unpaired) electrons. The maximum absolute atomic E-state index is 12.7. The molecular weight excluding hydrogens is 314 g/mol. The quantitative estimate of drug-likeness (QED) is 0.604. The Bertz CT molecular complexity index is 669. The van der Waals surface area contributed by atoms with Gasteiger partial charge in [-0.25, -0.2) is 9.37 Å².